The van der Waals surface area contributed by atoms with Crippen molar-refractivity contribution in [2.24, 2.45) is 0 Å². The van der Waals surface area contributed by atoms with Crippen molar-refractivity contribution in [3.63, 3.8) is 0 Å². The van der Waals surface area contributed by atoms with Crippen LogP contribution in [0.15, 0.2) is 48.5 Å². The van der Waals surface area contributed by atoms with E-state index in [9.17, 15) is 4.39 Å². The molecule has 110 valence electrons. The smallest absolute Gasteiger partial charge is 0.150 e. The molecule has 0 bridgehead atoms. The van der Waals surface area contributed by atoms with Crippen LogP contribution in [0.1, 0.15) is 23.0 Å². The molecule has 1 aliphatic rings. The second-order valence-corrected chi connectivity index (χ2v) is 5.68. The van der Waals surface area contributed by atoms with Crippen molar-refractivity contribution in [1.82, 2.24) is 9.78 Å². The van der Waals surface area contributed by atoms with E-state index in [0.717, 1.165) is 28.2 Å². The van der Waals surface area contributed by atoms with E-state index in [1.165, 1.54) is 6.07 Å². The number of aryl methyl sites for hydroxylation is 2. The van der Waals surface area contributed by atoms with Gasteiger partial charge in [0.1, 0.15) is 12.0 Å². The molecule has 0 fully saturated rings. The summed E-state index contributed by atoms with van der Waals surface area (Å²) in [5, 5.41) is 8.02. The number of rotatable bonds is 1. The van der Waals surface area contributed by atoms with Crippen LogP contribution in [-0.4, -0.2) is 9.78 Å². The van der Waals surface area contributed by atoms with Crippen molar-refractivity contribution < 1.29 is 4.39 Å². The molecule has 0 amide bonds. The van der Waals surface area contributed by atoms with Crippen molar-refractivity contribution in [3.05, 3.63) is 71.2 Å². The number of aromatic nitrogens is 2. The van der Waals surface area contributed by atoms with E-state index in [4.69, 9.17) is 0 Å². The molecule has 4 heteroatoms. The highest BCUT2D eigenvalue weighted by atomic mass is 19.1. The van der Waals surface area contributed by atoms with Gasteiger partial charge in [0, 0.05) is 16.8 Å². The predicted octanol–water partition coefficient (Wildman–Crippen LogP) is 4.28. The summed E-state index contributed by atoms with van der Waals surface area (Å²) in [7, 11) is 0. The quantitative estimate of drug-likeness (QED) is 0.726. The molecule has 1 N–H and O–H groups in total. The summed E-state index contributed by atoms with van der Waals surface area (Å²) in [6, 6.07) is 15.1. The molecule has 2 aromatic carbocycles. The van der Waals surface area contributed by atoms with Gasteiger partial charge in [0.2, 0.25) is 0 Å². The molecule has 1 atom stereocenters. The van der Waals surface area contributed by atoms with Gasteiger partial charge < -0.3 is 5.32 Å². The molecule has 3 nitrogen and oxygen atoms in total. The van der Waals surface area contributed by atoms with E-state index in [-0.39, 0.29) is 12.0 Å². The molecular formula is C18H16FN3. The van der Waals surface area contributed by atoms with Gasteiger partial charge in [-0.3, -0.25) is 0 Å². The molecule has 2 heterocycles. The maximum absolute atomic E-state index is 14.3. The van der Waals surface area contributed by atoms with Gasteiger partial charge in [-0.25, -0.2) is 9.07 Å². The van der Waals surface area contributed by atoms with Gasteiger partial charge in [-0.1, -0.05) is 36.4 Å². The fraction of sp³-hybridized carbons (Fsp3) is 0.167. The first-order chi connectivity index (χ1) is 10.6. The Balaban J connectivity index is 1.97. The van der Waals surface area contributed by atoms with E-state index in [0.29, 0.717) is 5.56 Å². The second-order valence-electron chi connectivity index (χ2n) is 5.68. The number of fused-ring (bicyclic) bond motifs is 3. The number of anilines is 1. The minimum absolute atomic E-state index is 0.226. The van der Waals surface area contributed by atoms with Crippen molar-refractivity contribution >= 4 is 5.69 Å². The van der Waals surface area contributed by atoms with E-state index in [1.54, 1.807) is 12.1 Å². The average molecular weight is 293 g/mol. The Morgan fingerprint density at radius 3 is 2.73 bits per heavy atom. The molecule has 1 aliphatic heterocycles. The fourth-order valence-electron chi connectivity index (χ4n) is 3.09. The third kappa shape index (κ3) is 1.84. The molecule has 0 saturated heterocycles. The normalized spacial score (nSPS) is 15.9. The predicted molar refractivity (Wildman–Crippen MR) is 85.3 cm³/mol. The minimum atomic E-state index is -0.335. The first-order valence-electron chi connectivity index (χ1n) is 7.32. The van der Waals surface area contributed by atoms with Crippen LogP contribution in [0.3, 0.4) is 0 Å². The molecule has 0 unspecified atom stereocenters. The van der Waals surface area contributed by atoms with Crippen molar-refractivity contribution in [3.8, 4) is 11.3 Å². The molecule has 4 rings (SSSR count). The van der Waals surface area contributed by atoms with Crippen LogP contribution in [0.4, 0.5) is 10.1 Å². The lowest BCUT2D eigenvalue weighted by molar-refractivity contribution is 0.526. The maximum atomic E-state index is 14.3. The number of hydrogen-bond donors (Lipinski definition) is 1. The summed E-state index contributed by atoms with van der Waals surface area (Å²) in [6.45, 7) is 4.02. The lowest BCUT2D eigenvalue weighted by Crippen LogP contribution is -2.27. The van der Waals surface area contributed by atoms with Crippen LogP contribution < -0.4 is 5.32 Å². The lowest BCUT2D eigenvalue weighted by Gasteiger charge is -2.30. The molecule has 22 heavy (non-hydrogen) atoms. The highest BCUT2D eigenvalue weighted by Crippen LogP contribution is 2.40. The summed E-state index contributed by atoms with van der Waals surface area (Å²) >= 11 is 0. The molecule has 0 saturated carbocycles. The van der Waals surface area contributed by atoms with E-state index in [1.807, 2.05) is 29.8 Å². The van der Waals surface area contributed by atoms with Crippen LogP contribution in [0.2, 0.25) is 0 Å². The zero-order chi connectivity index (χ0) is 15.3. The zero-order valence-corrected chi connectivity index (χ0v) is 12.5. The first-order valence-corrected chi connectivity index (χ1v) is 7.32. The Morgan fingerprint density at radius 2 is 1.91 bits per heavy atom. The Hall–Kier alpha value is -2.62. The fourth-order valence-corrected chi connectivity index (χ4v) is 3.09. The number of nitrogens with one attached hydrogen (secondary N) is 1. The zero-order valence-electron chi connectivity index (χ0n) is 12.5. The van der Waals surface area contributed by atoms with E-state index >= 15 is 0 Å². The van der Waals surface area contributed by atoms with Gasteiger partial charge in [0.15, 0.2) is 0 Å². The summed E-state index contributed by atoms with van der Waals surface area (Å²) in [6.07, 6.45) is -0.335. The number of para-hydroxylation sites is 1. The Labute approximate surface area is 128 Å². The maximum Gasteiger partial charge on any atom is 0.150 e. The summed E-state index contributed by atoms with van der Waals surface area (Å²) in [4.78, 5) is 0. The van der Waals surface area contributed by atoms with Crippen LogP contribution in [-0.2, 0) is 0 Å². The molecule has 0 aliphatic carbocycles. The number of halogens is 1. The molecule has 0 radical (unpaired) electrons. The highest BCUT2D eigenvalue weighted by Gasteiger charge is 2.28. The number of nitrogens with zero attached hydrogens (tertiary/aromatic N) is 2. The Bertz CT molecular complexity index is 867. The van der Waals surface area contributed by atoms with Gasteiger partial charge in [-0.2, -0.15) is 5.10 Å². The topological polar surface area (TPSA) is 29.9 Å². The van der Waals surface area contributed by atoms with Gasteiger partial charge in [-0.05, 0) is 31.5 Å². The monoisotopic (exact) mass is 293 g/mol. The minimum Gasteiger partial charge on any atom is -0.359 e. The Morgan fingerprint density at radius 1 is 1.09 bits per heavy atom. The van der Waals surface area contributed by atoms with Gasteiger partial charge in [-0.15, -0.1) is 0 Å². The van der Waals surface area contributed by atoms with Crippen LogP contribution in [0, 0.1) is 19.7 Å². The molecular weight excluding hydrogens is 277 g/mol. The number of benzene rings is 2. The second kappa shape index (κ2) is 4.70. The molecule has 3 aromatic rings. The Kier molecular flexibility index (Phi) is 2.79. The third-order valence-electron chi connectivity index (χ3n) is 4.13. The molecule has 0 spiro atoms. The van der Waals surface area contributed by atoms with Crippen LogP contribution >= 0.6 is 0 Å². The number of hydrogen-bond acceptors (Lipinski definition) is 2. The average Bonchev–Trinajstić information content (AvgIpc) is 2.89. The standard InChI is InChI=1S/C18H16FN3/c1-11-6-5-8-14-16-10-12(2)21-22(16)18(20-17(11)14)13-7-3-4-9-15(13)19/h3-10,18,20H,1-2H3/t18-/m0/s1. The summed E-state index contributed by atoms with van der Waals surface area (Å²) < 4.78 is 16.1. The van der Waals surface area contributed by atoms with Crippen molar-refractivity contribution in [1.29, 1.82) is 0 Å². The van der Waals surface area contributed by atoms with Crippen molar-refractivity contribution in [2.45, 2.75) is 20.0 Å². The lowest BCUT2D eigenvalue weighted by atomic mass is 10.0. The first kappa shape index (κ1) is 13.1. The van der Waals surface area contributed by atoms with Crippen LogP contribution in [0.5, 0.6) is 0 Å². The summed E-state index contributed by atoms with van der Waals surface area (Å²) in [5.74, 6) is -0.226. The van der Waals surface area contributed by atoms with Gasteiger partial charge in [0.25, 0.3) is 0 Å². The SMILES string of the molecule is Cc1cc2n(n1)[C@@H](c1ccccc1F)Nc1c(C)cccc1-2. The molecule has 1 aromatic heterocycles. The largest absolute Gasteiger partial charge is 0.359 e. The van der Waals surface area contributed by atoms with Gasteiger partial charge in [0.05, 0.1) is 11.4 Å². The van der Waals surface area contributed by atoms with Gasteiger partial charge >= 0.3 is 0 Å². The third-order valence-corrected chi connectivity index (χ3v) is 4.13. The van der Waals surface area contributed by atoms with E-state index in [2.05, 4.69) is 29.5 Å². The van der Waals surface area contributed by atoms with Crippen LogP contribution in [0.25, 0.3) is 11.3 Å². The van der Waals surface area contributed by atoms with E-state index < -0.39 is 0 Å². The van der Waals surface area contributed by atoms with Crippen molar-refractivity contribution in [2.75, 3.05) is 5.32 Å². The summed E-state index contributed by atoms with van der Waals surface area (Å²) in [5.41, 5.74) is 5.83. The highest BCUT2D eigenvalue weighted by molar-refractivity contribution is 5.81.